The summed E-state index contributed by atoms with van der Waals surface area (Å²) in [6.45, 7) is 4.47. The molecule has 0 fully saturated rings. The fraction of sp³-hybridized carbons (Fsp3) is 0.758. The second-order valence-corrected chi connectivity index (χ2v) is 21.2. The molecule has 0 radical (unpaired) electrons. The molecular weight excluding hydrogens is 952 g/mol. The zero-order valence-electron chi connectivity index (χ0n) is 47.3. The van der Waals surface area contributed by atoms with Crippen molar-refractivity contribution < 1.29 is 52.2 Å². The molecule has 0 rings (SSSR count). The van der Waals surface area contributed by atoms with Crippen LogP contribution in [0, 0.1) is 0 Å². The first-order chi connectivity index (χ1) is 36.2. The molecule has 0 saturated heterocycles. The number of carbonyl (C=O) groups excluding carboxylic acids is 3. The molecule has 3 unspecified atom stereocenters. The number of ether oxygens (including phenoxy) is 3. The number of hydrogen-bond donors (Lipinski definition) is 2. The summed E-state index contributed by atoms with van der Waals surface area (Å²) < 4.78 is 39.5. The van der Waals surface area contributed by atoms with Gasteiger partial charge in [0.2, 0.25) is 0 Å². The highest BCUT2D eigenvalue weighted by Crippen LogP contribution is 2.43. The average Bonchev–Trinajstić information content (AvgIpc) is 3.39. The third-order valence-corrected chi connectivity index (χ3v) is 13.6. The Morgan fingerprint density at radius 2 is 0.703 bits per heavy atom. The number of rotatable bonds is 55. The molecule has 0 aromatic heterocycles. The molecule has 0 aromatic carbocycles. The van der Waals surface area contributed by atoms with Crippen molar-refractivity contribution in [3.05, 3.63) is 72.9 Å². The number of aliphatic hydroxyl groups excluding tert-OH is 1. The number of carbonyl (C=O) groups is 3. The van der Waals surface area contributed by atoms with E-state index in [2.05, 4.69) is 93.7 Å². The summed E-state index contributed by atoms with van der Waals surface area (Å²) >= 11 is 0. The van der Waals surface area contributed by atoms with Gasteiger partial charge in [-0.2, -0.15) is 0 Å². The fourth-order valence-corrected chi connectivity index (χ4v) is 8.87. The van der Waals surface area contributed by atoms with E-state index in [9.17, 15) is 28.9 Å². The van der Waals surface area contributed by atoms with Gasteiger partial charge in [-0.15, -0.1) is 0 Å². The van der Waals surface area contributed by atoms with Crippen LogP contribution in [-0.2, 0) is 42.2 Å². The lowest BCUT2D eigenvalue weighted by molar-refractivity contribution is -0.161. The number of phosphoric ester groups is 1. The Hall–Kier alpha value is -3.08. The van der Waals surface area contributed by atoms with Gasteiger partial charge in [-0.25, -0.2) is 4.57 Å². The molecule has 0 aliphatic heterocycles. The van der Waals surface area contributed by atoms with E-state index in [4.69, 9.17) is 23.3 Å². The van der Waals surface area contributed by atoms with Crippen LogP contribution in [0.2, 0.25) is 0 Å². The fourth-order valence-electron chi connectivity index (χ4n) is 8.08. The number of allylic oxidation sites excluding steroid dienone is 12. The minimum Gasteiger partial charge on any atom is -0.462 e. The summed E-state index contributed by atoms with van der Waals surface area (Å²) in [6.07, 6.45) is 62.9. The maximum Gasteiger partial charge on any atom is 0.472 e. The molecule has 0 aliphatic carbocycles. The molecule has 0 bridgehead atoms. The Bertz CT molecular complexity index is 1520. The number of unbranched alkanes of at least 4 members (excludes halogenated alkanes) is 26. The smallest absolute Gasteiger partial charge is 0.462 e. The highest BCUT2D eigenvalue weighted by molar-refractivity contribution is 7.47. The van der Waals surface area contributed by atoms with Gasteiger partial charge < -0.3 is 24.2 Å². The first kappa shape index (κ1) is 70.9. The summed E-state index contributed by atoms with van der Waals surface area (Å²) in [6, 6.07) is 0. The molecule has 428 valence electrons. The Balaban J connectivity index is 4.76. The maximum absolute atomic E-state index is 12.9. The van der Waals surface area contributed by atoms with Crippen molar-refractivity contribution in [3.63, 3.8) is 0 Å². The topological polar surface area (TPSA) is 155 Å². The number of phosphoric acid groups is 1. The first-order valence-corrected chi connectivity index (χ1v) is 31.3. The van der Waals surface area contributed by atoms with Crippen molar-refractivity contribution >= 4 is 25.7 Å². The van der Waals surface area contributed by atoms with E-state index in [-0.39, 0.29) is 25.9 Å². The van der Waals surface area contributed by atoms with Gasteiger partial charge in [0.1, 0.15) is 12.7 Å². The minimum atomic E-state index is -4.76. The van der Waals surface area contributed by atoms with Gasteiger partial charge in [0, 0.05) is 19.3 Å². The van der Waals surface area contributed by atoms with Crippen LogP contribution in [0.3, 0.4) is 0 Å². The Morgan fingerprint density at radius 3 is 1.14 bits per heavy atom. The SMILES string of the molecule is CC/C=C\C/C=C\C/C=C\C/C=C\CCCCC(=O)OC(CO)COP(=O)(O)OCC(COC(=O)CCCCCCC/C=C\C/C=C\CCCCC)OC(=O)CCCCCCCCCCCCCCCCCCC. The molecule has 0 aromatic rings. The van der Waals surface area contributed by atoms with Gasteiger partial charge in [0.15, 0.2) is 6.10 Å². The Morgan fingerprint density at radius 1 is 0.392 bits per heavy atom. The van der Waals surface area contributed by atoms with Crippen LogP contribution >= 0.6 is 7.82 Å². The van der Waals surface area contributed by atoms with Gasteiger partial charge in [-0.3, -0.25) is 23.4 Å². The third-order valence-electron chi connectivity index (χ3n) is 12.6. The van der Waals surface area contributed by atoms with Crippen LogP contribution in [0.15, 0.2) is 72.9 Å². The molecule has 74 heavy (non-hydrogen) atoms. The Labute approximate surface area is 452 Å². The molecule has 0 spiro atoms. The van der Waals surface area contributed by atoms with E-state index in [0.29, 0.717) is 19.3 Å². The van der Waals surface area contributed by atoms with Crippen LogP contribution in [0.1, 0.15) is 265 Å². The first-order valence-electron chi connectivity index (χ1n) is 29.8. The van der Waals surface area contributed by atoms with Crippen molar-refractivity contribution in [2.45, 2.75) is 277 Å². The van der Waals surface area contributed by atoms with Crippen LogP contribution in [0.4, 0.5) is 0 Å². The summed E-state index contributed by atoms with van der Waals surface area (Å²) in [5.74, 6) is -1.51. The predicted molar refractivity (Wildman–Crippen MR) is 307 cm³/mol. The maximum atomic E-state index is 12.9. The van der Waals surface area contributed by atoms with E-state index in [1.54, 1.807) is 0 Å². The number of aliphatic hydroxyl groups is 1. The summed E-state index contributed by atoms with van der Waals surface area (Å²) in [7, 11) is -4.76. The van der Waals surface area contributed by atoms with Gasteiger partial charge in [0.05, 0.1) is 19.8 Å². The zero-order valence-corrected chi connectivity index (χ0v) is 48.2. The summed E-state index contributed by atoms with van der Waals surface area (Å²) in [4.78, 5) is 48.6. The molecule has 0 amide bonds. The molecule has 0 heterocycles. The normalized spacial score (nSPS) is 13.9. The van der Waals surface area contributed by atoms with Gasteiger partial charge in [-0.1, -0.05) is 229 Å². The molecule has 11 nitrogen and oxygen atoms in total. The second kappa shape index (κ2) is 56.1. The molecule has 0 saturated carbocycles. The zero-order chi connectivity index (χ0) is 54.1. The van der Waals surface area contributed by atoms with Crippen LogP contribution in [-0.4, -0.2) is 66.5 Å². The van der Waals surface area contributed by atoms with Crippen molar-refractivity contribution in [2.24, 2.45) is 0 Å². The largest absolute Gasteiger partial charge is 0.472 e. The van der Waals surface area contributed by atoms with Crippen LogP contribution < -0.4 is 0 Å². The minimum absolute atomic E-state index is 0.123. The van der Waals surface area contributed by atoms with Crippen LogP contribution in [0.5, 0.6) is 0 Å². The van der Waals surface area contributed by atoms with Crippen molar-refractivity contribution in [3.8, 4) is 0 Å². The van der Waals surface area contributed by atoms with Gasteiger partial charge in [0.25, 0.3) is 0 Å². The Kier molecular flexibility index (Phi) is 53.8. The van der Waals surface area contributed by atoms with E-state index in [1.165, 1.54) is 103 Å². The highest BCUT2D eigenvalue weighted by atomic mass is 31.2. The predicted octanol–water partition coefficient (Wildman–Crippen LogP) is 17.7. The highest BCUT2D eigenvalue weighted by Gasteiger charge is 2.28. The molecule has 12 heteroatoms. The lowest BCUT2D eigenvalue weighted by atomic mass is 10.0. The van der Waals surface area contributed by atoms with E-state index >= 15 is 0 Å². The van der Waals surface area contributed by atoms with Gasteiger partial charge in [-0.05, 0) is 89.9 Å². The van der Waals surface area contributed by atoms with Crippen molar-refractivity contribution in [1.29, 1.82) is 0 Å². The van der Waals surface area contributed by atoms with Crippen molar-refractivity contribution in [1.82, 2.24) is 0 Å². The standard InChI is InChI=1S/C62H109O11P/c1-4-7-10-13-16-19-22-25-28-29-32-35-38-41-44-47-50-53-62(66)73-59(55-69-60(64)51-48-45-42-39-36-33-30-26-23-20-17-14-11-8-5-2)57-71-74(67,68)70-56-58(54-63)72-61(65)52-49-46-43-40-37-34-31-27-24-21-18-15-12-9-6-3/h9,12,17-18,20-21,26-27,30-31,37,40,58-59,63H,4-8,10-11,13-16,19,22-25,28-29,32-36,38-39,41-57H2,1-3H3,(H,67,68)/b12-9-,20-17-,21-18-,30-26-,31-27-,40-37-. The van der Waals surface area contributed by atoms with Crippen LogP contribution in [0.25, 0.3) is 0 Å². The number of esters is 3. The lowest BCUT2D eigenvalue weighted by Crippen LogP contribution is -2.30. The molecule has 0 aliphatic rings. The van der Waals surface area contributed by atoms with E-state index < -0.39 is 57.8 Å². The quantitative estimate of drug-likeness (QED) is 0.0197. The monoisotopic (exact) mass is 1060 g/mol. The molecular formula is C62H109O11P. The molecule has 3 atom stereocenters. The molecule has 2 N–H and O–H groups in total. The summed E-state index contributed by atoms with van der Waals surface area (Å²) in [5.41, 5.74) is 0. The lowest BCUT2D eigenvalue weighted by Gasteiger charge is -2.21. The van der Waals surface area contributed by atoms with E-state index in [0.717, 1.165) is 103 Å². The van der Waals surface area contributed by atoms with Gasteiger partial charge >= 0.3 is 25.7 Å². The number of hydrogen-bond acceptors (Lipinski definition) is 10. The summed E-state index contributed by atoms with van der Waals surface area (Å²) in [5, 5.41) is 9.81. The van der Waals surface area contributed by atoms with Crippen molar-refractivity contribution in [2.75, 3.05) is 26.4 Å². The van der Waals surface area contributed by atoms with E-state index in [1.807, 2.05) is 0 Å². The second-order valence-electron chi connectivity index (χ2n) is 19.8. The third kappa shape index (κ3) is 53.7. The average molecular weight is 1060 g/mol.